The van der Waals surface area contributed by atoms with E-state index in [1.54, 1.807) is 0 Å². The summed E-state index contributed by atoms with van der Waals surface area (Å²) in [5.74, 6) is 4.41. The van der Waals surface area contributed by atoms with Gasteiger partial charge in [-0.3, -0.25) is 0 Å². The second-order valence-corrected chi connectivity index (χ2v) is 4.66. The standard InChI is InChI=1S/C5H9PS2/c1-2-5-8-6-3-4-7/h1,6-7H,3-5H2. The fourth-order valence-corrected chi connectivity index (χ4v) is 2.72. The lowest BCUT2D eigenvalue weighted by molar-refractivity contribution is 1.57. The third kappa shape index (κ3) is 6.69. The number of terminal acetylenes is 1. The predicted molar refractivity (Wildman–Crippen MR) is 48.3 cm³/mol. The fraction of sp³-hybridized carbons (Fsp3) is 0.600. The first-order valence-corrected chi connectivity index (χ1v) is 5.85. The van der Waals surface area contributed by atoms with Gasteiger partial charge in [-0.15, -0.1) is 17.8 Å². The summed E-state index contributed by atoms with van der Waals surface area (Å²) >= 11 is 5.89. The van der Waals surface area contributed by atoms with Crippen LogP contribution in [0.1, 0.15) is 0 Å². The van der Waals surface area contributed by atoms with Crippen LogP contribution in [0.15, 0.2) is 0 Å². The normalized spacial score (nSPS) is 10.0. The molecule has 0 bridgehead atoms. The van der Waals surface area contributed by atoms with Crippen molar-refractivity contribution in [2.24, 2.45) is 0 Å². The smallest absolute Gasteiger partial charge is 0.0583 e. The van der Waals surface area contributed by atoms with E-state index in [-0.39, 0.29) is 0 Å². The minimum Gasteiger partial charge on any atom is -0.179 e. The SMILES string of the molecule is C#CCSPCCS. The molecule has 0 rings (SSSR count). The Bertz CT molecular complexity index is 77.0. The van der Waals surface area contributed by atoms with Crippen LogP contribution in [0.5, 0.6) is 0 Å². The number of hydrogen-bond donors (Lipinski definition) is 1. The predicted octanol–water partition coefficient (Wildman–Crippen LogP) is 1.88. The molecule has 0 radical (unpaired) electrons. The second-order valence-electron chi connectivity index (χ2n) is 1.11. The Morgan fingerprint density at radius 3 is 3.00 bits per heavy atom. The van der Waals surface area contributed by atoms with Gasteiger partial charge in [-0.1, -0.05) is 13.7 Å². The molecule has 0 aliphatic heterocycles. The van der Waals surface area contributed by atoms with Gasteiger partial charge < -0.3 is 0 Å². The van der Waals surface area contributed by atoms with Crippen LogP contribution in [-0.4, -0.2) is 17.7 Å². The maximum absolute atomic E-state index is 5.03. The van der Waals surface area contributed by atoms with Gasteiger partial charge in [0.05, 0.1) is 5.75 Å². The Morgan fingerprint density at radius 1 is 1.75 bits per heavy atom. The van der Waals surface area contributed by atoms with Crippen molar-refractivity contribution in [3.63, 3.8) is 0 Å². The molecule has 0 aliphatic rings. The third-order valence-electron chi connectivity index (χ3n) is 0.471. The molecule has 0 amide bonds. The highest BCUT2D eigenvalue weighted by molar-refractivity contribution is 8.49. The topological polar surface area (TPSA) is 0 Å². The summed E-state index contributed by atoms with van der Waals surface area (Å²) < 4.78 is 0. The van der Waals surface area contributed by atoms with Crippen LogP contribution in [0.2, 0.25) is 0 Å². The molecule has 0 aliphatic carbocycles. The summed E-state index contributed by atoms with van der Waals surface area (Å²) in [6.45, 7) is 0. The highest BCUT2D eigenvalue weighted by atomic mass is 32.7. The fourth-order valence-electron chi connectivity index (χ4n) is 0.211. The molecule has 46 valence electrons. The minimum absolute atomic E-state index is 0.853. The quantitative estimate of drug-likeness (QED) is 0.286. The Labute approximate surface area is 62.1 Å². The van der Waals surface area contributed by atoms with E-state index in [4.69, 9.17) is 6.42 Å². The van der Waals surface area contributed by atoms with E-state index in [9.17, 15) is 0 Å². The molecule has 8 heavy (non-hydrogen) atoms. The van der Waals surface area contributed by atoms with Gasteiger partial charge in [0.1, 0.15) is 0 Å². The van der Waals surface area contributed by atoms with Crippen LogP contribution < -0.4 is 0 Å². The van der Waals surface area contributed by atoms with Crippen molar-refractivity contribution in [2.75, 3.05) is 17.7 Å². The first-order valence-electron chi connectivity index (χ1n) is 2.30. The van der Waals surface area contributed by atoms with Gasteiger partial charge in [0.15, 0.2) is 0 Å². The molecule has 3 heteroatoms. The minimum atomic E-state index is 0.853. The highest BCUT2D eigenvalue weighted by Crippen LogP contribution is 2.27. The molecule has 0 N–H and O–H groups in total. The van der Waals surface area contributed by atoms with E-state index in [0.29, 0.717) is 0 Å². The first kappa shape index (κ1) is 8.69. The van der Waals surface area contributed by atoms with Gasteiger partial charge >= 0.3 is 0 Å². The third-order valence-corrected chi connectivity index (χ3v) is 3.74. The molecule has 0 aromatic rings. The van der Waals surface area contributed by atoms with Crippen molar-refractivity contribution in [3.05, 3.63) is 0 Å². The van der Waals surface area contributed by atoms with Crippen molar-refractivity contribution < 1.29 is 0 Å². The van der Waals surface area contributed by atoms with E-state index in [1.807, 2.05) is 11.4 Å². The van der Waals surface area contributed by atoms with E-state index in [0.717, 1.165) is 19.3 Å². The molecule has 0 fully saturated rings. The van der Waals surface area contributed by atoms with Crippen LogP contribution in [0, 0.1) is 12.3 Å². The summed E-state index contributed by atoms with van der Waals surface area (Å²) in [7, 11) is 0.937. The first-order chi connectivity index (χ1) is 3.91. The zero-order valence-electron chi connectivity index (χ0n) is 4.55. The molecule has 0 heterocycles. The van der Waals surface area contributed by atoms with Crippen LogP contribution in [-0.2, 0) is 0 Å². The van der Waals surface area contributed by atoms with Crippen LogP contribution in [0.4, 0.5) is 0 Å². The van der Waals surface area contributed by atoms with Gasteiger partial charge in [-0.05, 0) is 11.9 Å². The summed E-state index contributed by atoms with van der Waals surface area (Å²) in [6, 6.07) is 0. The molecule has 0 nitrogen and oxygen atoms in total. The van der Waals surface area contributed by atoms with E-state index < -0.39 is 0 Å². The molecule has 1 atom stereocenters. The monoisotopic (exact) mass is 164 g/mol. The second kappa shape index (κ2) is 7.69. The Morgan fingerprint density at radius 2 is 2.50 bits per heavy atom. The number of rotatable bonds is 4. The van der Waals surface area contributed by atoms with Crippen molar-refractivity contribution >= 4 is 31.8 Å². The molecule has 0 saturated carbocycles. The van der Waals surface area contributed by atoms with Gasteiger partial charge in [-0.2, -0.15) is 12.6 Å². The molecule has 1 unspecified atom stereocenters. The Hall–Kier alpha value is 0.690. The van der Waals surface area contributed by atoms with Gasteiger partial charge in [0, 0.05) is 0 Å². The Balaban J connectivity index is 2.65. The van der Waals surface area contributed by atoms with Crippen LogP contribution in [0.3, 0.4) is 0 Å². The lowest BCUT2D eigenvalue weighted by Gasteiger charge is -1.90. The van der Waals surface area contributed by atoms with Crippen LogP contribution in [0.25, 0.3) is 0 Å². The molecule has 0 aromatic heterocycles. The summed E-state index contributed by atoms with van der Waals surface area (Å²) in [4.78, 5) is 0. The molecule has 0 aromatic carbocycles. The molecule has 0 saturated heterocycles. The zero-order chi connectivity index (χ0) is 6.24. The number of thiol groups is 1. The average Bonchev–Trinajstić information content (AvgIpc) is 1.81. The maximum Gasteiger partial charge on any atom is 0.0583 e. The van der Waals surface area contributed by atoms with Crippen LogP contribution >= 0.6 is 31.8 Å². The molecular formula is C5H9PS2. The Kier molecular flexibility index (Phi) is 8.35. The summed E-state index contributed by atoms with van der Waals surface area (Å²) in [5, 5.41) is 0. The zero-order valence-corrected chi connectivity index (χ0v) is 7.27. The van der Waals surface area contributed by atoms with E-state index in [1.165, 1.54) is 6.16 Å². The van der Waals surface area contributed by atoms with Crippen molar-refractivity contribution in [1.29, 1.82) is 0 Å². The van der Waals surface area contributed by atoms with Crippen molar-refractivity contribution in [2.45, 2.75) is 0 Å². The lowest BCUT2D eigenvalue weighted by Crippen LogP contribution is -1.71. The van der Waals surface area contributed by atoms with E-state index >= 15 is 0 Å². The lowest BCUT2D eigenvalue weighted by atomic mass is 10.8. The highest BCUT2D eigenvalue weighted by Gasteiger charge is 1.81. The summed E-state index contributed by atoms with van der Waals surface area (Å²) in [5.41, 5.74) is 0. The van der Waals surface area contributed by atoms with Gasteiger partial charge in [-0.25, -0.2) is 0 Å². The van der Waals surface area contributed by atoms with Crippen molar-refractivity contribution in [1.82, 2.24) is 0 Å². The molecule has 0 spiro atoms. The average molecular weight is 164 g/mol. The number of hydrogen-bond acceptors (Lipinski definition) is 2. The van der Waals surface area contributed by atoms with Crippen molar-refractivity contribution in [3.8, 4) is 12.3 Å². The van der Waals surface area contributed by atoms with Gasteiger partial charge in [0.25, 0.3) is 0 Å². The molecular weight excluding hydrogens is 155 g/mol. The summed E-state index contributed by atoms with van der Waals surface area (Å²) in [6.07, 6.45) is 6.22. The van der Waals surface area contributed by atoms with E-state index in [2.05, 4.69) is 18.5 Å². The largest absolute Gasteiger partial charge is 0.179 e. The van der Waals surface area contributed by atoms with Gasteiger partial charge in [0.2, 0.25) is 0 Å². The maximum atomic E-state index is 5.03.